The highest BCUT2D eigenvalue weighted by Crippen LogP contribution is 2.20. The van der Waals surface area contributed by atoms with Gasteiger partial charge in [0.15, 0.2) is 0 Å². The van der Waals surface area contributed by atoms with Crippen molar-refractivity contribution in [3.05, 3.63) is 40.9 Å². The number of nitrogens with one attached hydrogen (secondary N) is 1. The normalized spacial score (nSPS) is 12.2. The molecule has 1 amide bonds. The minimum Gasteiger partial charge on any atom is -0.393 e. The Bertz CT molecular complexity index is 640. The number of halogens is 1. The Labute approximate surface area is 127 Å². The number of hydrogen-bond donors (Lipinski definition) is 2. The van der Waals surface area contributed by atoms with Gasteiger partial charge >= 0.3 is 0 Å². The van der Waals surface area contributed by atoms with Crippen molar-refractivity contribution in [3.8, 4) is 5.69 Å². The summed E-state index contributed by atoms with van der Waals surface area (Å²) in [7, 11) is 0. The molecule has 0 spiro atoms. The molecule has 0 radical (unpaired) electrons. The molecule has 1 aromatic carbocycles. The zero-order chi connectivity index (χ0) is 15.4. The Morgan fingerprint density at radius 1 is 1.48 bits per heavy atom. The number of carbonyl (C=O) groups excluding carboxylic acids is 1. The van der Waals surface area contributed by atoms with Crippen LogP contribution in [0.25, 0.3) is 5.69 Å². The van der Waals surface area contributed by atoms with E-state index in [4.69, 9.17) is 16.7 Å². The molecule has 0 saturated heterocycles. The van der Waals surface area contributed by atoms with Crippen LogP contribution in [-0.2, 0) is 0 Å². The SMILES string of the molecule is Cc1nc(C(=O)NCCC(C)O)nn1-c1ccccc1Cl. The first-order chi connectivity index (χ1) is 9.99. The number of aromatic nitrogens is 3. The van der Waals surface area contributed by atoms with E-state index in [0.717, 1.165) is 0 Å². The van der Waals surface area contributed by atoms with Gasteiger partial charge in [-0.15, -0.1) is 5.10 Å². The first kappa shape index (κ1) is 15.5. The van der Waals surface area contributed by atoms with Crippen molar-refractivity contribution in [1.82, 2.24) is 20.1 Å². The van der Waals surface area contributed by atoms with E-state index in [0.29, 0.717) is 29.5 Å². The lowest BCUT2D eigenvalue weighted by atomic mass is 10.3. The lowest BCUT2D eigenvalue weighted by Crippen LogP contribution is -2.27. The van der Waals surface area contributed by atoms with Crippen molar-refractivity contribution >= 4 is 17.5 Å². The lowest BCUT2D eigenvalue weighted by molar-refractivity contribution is 0.0935. The Hall–Kier alpha value is -1.92. The second-order valence-electron chi connectivity index (χ2n) is 4.74. The highest BCUT2D eigenvalue weighted by Gasteiger charge is 2.16. The molecule has 21 heavy (non-hydrogen) atoms. The van der Waals surface area contributed by atoms with Crippen LogP contribution in [0.15, 0.2) is 24.3 Å². The maximum atomic E-state index is 11.9. The van der Waals surface area contributed by atoms with Crippen molar-refractivity contribution in [2.75, 3.05) is 6.54 Å². The van der Waals surface area contributed by atoms with Gasteiger partial charge in [0.25, 0.3) is 5.91 Å². The molecule has 2 aromatic rings. The van der Waals surface area contributed by atoms with Crippen LogP contribution in [0.3, 0.4) is 0 Å². The van der Waals surface area contributed by atoms with Crippen LogP contribution in [0.1, 0.15) is 29.8 Å². The van der Waals surface area contributed by atoms with Crippen LogP contribution in [0.4, 0.5) is 0 Å². The van der Waals surface area contributed by atoms with Gasteiger partial charge in [0, 0.05) is 6.54 Å². The van der Waals surface area contributed by atoms with Crippen molar-refractivity contribution < 1.29 is 9.90 Å². The fourth-order valence-electron chi connectivity index (χ4n) is 1.81. The number of benzene rings is 1. The first-order valence-corrected chi connectivity index (χ1v) is 7.01. The quantitative estimate of drug-likeness (QED) is 0.881. The summed E-state index contributed by atoms with van der Waals surface area (Å²) < 4.78 is 1.53. The van der Waals surface area contributed by atoms with Crippen LogP contribution < -0.4 is 5.32 Å². The van der Waals surface area contributed by atoms with E-state index < -0.39 is 6.10 Å². The van der Waals surface area contributed by atoms with E-state index in [1.807, 2.05) is 12.1 Å². The lowest BCUT2D eigenvalue weighted by Gasteiger charge is -2.05. The third-order valence-corrected chi connectivity index (χ3v) is 3.22. The topological polar surface area (TPSA) is 80.0 Å². The molecule has 0 saturated carbocycles. The van der Waals surface area contributed by atoms with Crippen molar-refractivity contribution in [2.45, 2.75) is 26.4 Å². The number of aliphatic hydroxyl groups excluding tert-OH is 1. The molecule has 0 aliphatic rings. The average Bonchev–Trinajstić information content (AvgIpc) is 2.81. The molecule has 1 unspecified atom stereocenters. The number of amides is 1. The maximum absolute atomic E-state index is 11.9. The third-order valence-electron chi connectivity index (χ3n) is 2.90. The zero-order valence-corrected chi connectivity index (χ0v) is 12.6. The minimum absolute atomic E-state index is 0.0815. The number of carbonyl (C=O) groups is 1. The predicted octanol–water partition coefficient (Wildman–Crippen LogP) is 1.73. The van der Waals surface area contributed by atoms with Crippen LogP contribution in [0, 0.1) is 6.92 Å². The number of aliphatic hydroxyl groups is 1. The Balaban J connectivity index is 2.16. The molecule has 1 heterocycles. The molecular weight excluding hydrogens is 292 g/mol. The summed E-state index contributed by atoms with van der Waals surface area (Å²) in [5, 5.41) is 16.5. The van der Waals surface area contributed by atoms with Gasteiger partial charge in [0.05, 0.1) is 16.8 Å². The molecule has 6 nitrogen and oxygen atoms in total. The van der Waals surface area contributed by atoms with Gasteiger partial charge < -0.3 is 10.4 Å². The van der Waals surface area contributed by atoms with Crippen LogP contribution in [-0.4, -0.2) is 38.4 Å². The largest absolute Gasteiger partial charge is 0.393 e. The van der Waals surface area contributed by atoms with E-state index >= 15 is 0 Å². The van der Waals surface area contributed by atoms with E-state index in [1.54, 1.807) is 26.0 Å². The second-order valence-corrected chi connectivity index (χ2v) is 5.15. The molecule has 1 atom stereocenters. The van der Waals surface area contributed by atoms with Gasteiger partial charge in [-0.25, -0.2) is 9.67 Å². The van der Waals surface area contributed by atoms with E-state index in [2.05, 4.69) is 15.4 Å². The second kappa shape index (κ2) is 6.69. The Morgan fingerprint density at radius 2 is 2.19 bits per heavy atom. The minimum atomic E-state index is -0.458. The van der Waals surface area contributed by atoms with Crippen molar-refractivity contribution in [2.24, 2.45) is 0 Å². The van der Waals surface area contributed by atoms with Crippen LogP contribution in [0.5, 0.6) is 0 Å². The Morgan fingerprint density at radius 3 is 2.86 bits per heavy atom. The third kappa shape index (κ3) is 3.80. The first-order valence-electron chi connectivity index (χ1n) is 6.64. The van der Waals surface area contributed by atoms with Gasteiger partial charge in [-0.2, -0.15) is 0 Å². The van der Waals surface area contributed by atoms with E-state index in [-0.39, 0.29) is 11.7 Å². The van der Waals surface area contributed by atoms with Gasteiger partial charge in [0.2, 0.25) is 5.82 Å². The van der Waals surface area contributed by atoms with Gasteiger partial charge in [0.1, 0.15) is 5.82 Å². The fraction of sp³-hybridized carbons (Fsp3) is 0.357. The standard InChI is InChI=1S/C14H17ClN4O2/c1-9(20)7-8-16-14(21)13-17-10(2)19(18-13)12-6-4-3-5-11(12)15/h3-6,9,20H,7-8H2,1-2H3,(H,16,21). The number of nitrogens with zero attached hydrogens (tertiary/aromatic N) is 3. The number of hydrogen-bond acceptors (Lipinski definition) is 4. The summed E-state index contributed by atoms with van der Waals surface area (Å²) in [6, 6.07) is 7.21. The van der Waals surface area contributed by atoms with Gasteiger partial charge in [-0.1, -0.05) is 23.7 Å². The molecule has 0 aliphatic carbocycles. The average molecular weight is 309 g/mol. The molecule has 112 valence electrons. The summed E-state index contributed by atoms with van der Waals surface area (Å²) in [6.45, 7) is 3.79. The smallest absolute Gasteiger partial charge is 0.290 e. The monoisotopic (exact) mass is 308 g/mol. The zero-order valence-electron chi connectivity index (χ0n) is 11.9. The molecular formula is C14H17ClN4O2. The van der Waals surface area contributed by atoms with E-state index in [1.165, 1.54) is 4.68 Å². The predicted molar refractivity (Wildman–Crippen MR) is 79.7 cm³/mol. The number of rotatable bonds is 5. The number of aryl methyl sites for hydroxylation is 1. The van der Waals surface area contributed by atoms with Gasteiger partial charge in [-0.3, -0.25) is 4.79 Å². The van der Waals surface area contributed by atoms with Gasteiger partial charge in [-0.05, 0) is 32.4 Å². The summed E-state index contributed by atoms with van der Waals surface area (Å²) in [5.74, 6) is 0.284. The molecule has 2 N–H and O–H groups in total. The molecule has 0 bridgehead atoms. The highest BCUT2D eigenvalue weighted by molar-refractivity contribution is 6.32. The summed E-state index contributed by atoms with van der Waals surface area (Å²) in [4.78, 5) is 16.1. The summed E-state index contributed by atoms with van der Waals surface area (Å²) in [6.07, 6.45) is 0.0244. The van der Waals surface area contributed by atoms with E-state index in [9.17, 15) is 4.79 Å². The fourth-order valence-corrected chi connectivity index (χ4v) is 2.03. The number of para-hydroxylation sites is 1. The molecule has 2 rings (SSSR count). The molecule has 0 aliphatic heterocycles. The van der Waals surface area contributed by atoms with Crippen molar-refractivity contribution in [1.29, 1.82) is 0 Å². The maximum Gasteiger partial charge on any atom is 0.290 e. The Kier molecular flexibility index (Phi) is 4.93. The highest BCUT2D eigenvalue weighted by atomic mass is 35.5. The molecule has 7 heteroatoms. The molecule has 0 fully saturated rings. The summed E-state index contributed by atoms with van der Waals surface area (Å²) in [5.41, 5.74) is 0.673. The molecule has 1 aromatic heterocycles. The van der Waals surface area contributed by atoms with Crippen LogP contribution in [0.2, 0.25) is 5.02 Å². The van der Waals surface area contributed by atoms with Crippen molar-refractivity contribution in [3.63, 3.8) is 0 Å². The summed E-state index contributed by atoms with van der Waals surface area (Å²) >= 11 is 6.12. The van der Waals surface area contributed by atoms with Crippen LogP contribution >= 0.6 is 11.6 Å².